The van der Waals surface area contributed by atoms with Crippen molar-refractivity contribution in [1.82, 2.24) is 0 Å². The summed E-state index contributed by atoms with van der Waals surface area (Å²) in [4.78, 5) is 9.49. The SMILES string of the molecule is CC(=CC=O)C(F)(F)F. The van der Waals surface area contributed by atoms with Crippen molar-refractivity contribution in [3.63, 3.8) is 0 Å². The highest BCUT2D eigenvalue weighted by Gasteiger charge is 2.29. The van der Waals surface area contributed by atoms with Crippen molar-refractivity contribution in [3.8, 4) is 0 Å². The maximum atomic E-state index is 11.4. The van der Waals surface area contributed by atoms with Gasteiger partial charge in [-0.2, -0.15) is 13.2 Å². The largest absolute Gasteiger partial charge is 0.412 e. The van der Waals surface area contributed by atoms with Gasteiger partial charge in [-0.15, -0.1) is 0 Å². The first-order valence-electron chi connectivity index (χ1n) is 2.17. The van der Waals surface area contributed by atoms with E-state index < -0.39 is 11.7 Å². The van der Waals surface area contributed by atoms with E-state index in [1.54, 1.807) is 0 Å². The average molecular weight is 138 g/mol. The van der Waals surface area contributed by atoms with Crippen molar-refractivity contribution in [2.24, 2.45) is 0 Å². The smallest absolute Gasteiger partial charge is 0.299 e. The van der Waals surface area contributed by atoms with Gasteiger partial charge in [0.2, 0.25) is 0 Å². The third-order valence-electron chi connectivity index (χ3n) is 0.765. The molecule has 0 aliphatic carbocycles. The number of hydrogen-bond donors (Lipinski definition) is 0. The third kappa shape index (κ3) is 2.90. The van der Waals surface area contributed by atoms with Crippen molar-refractivity contribution in [2.75, 3.05) is 0 Å². The second-order valence-electron chi connectivity index (χ2n) is 1.48. The molecule has 0 unspecified atom stereocenters. The van der Waals surface area contributed by atoms with Gasteiger partial charge in [-0.1, -0.05) is 0 Å². The Kier molecular flexibility index (Phi) is 2.42. The Morgan fingerprint density at radius 3 is 2.00 bits per heavy atom. The van der Waals surface area contributed by atoms with E-state index in [2.05, 4.69) is 0 Å². The van der Waals surface area contributed by atoms with Crippen molar-refractivity contribution < 1.29 is 18.0 Å². The molecule has 0 rings (SSSR count). The van der Waals surface area contributed by atoms with Crippen molar-refractivity contribution in [3.05, 3.63) is 11.6 Å². The number of rotatable bonds is 1. The fraction of sp³-hybridized carbons (Fsp3) is 0.400. The number of aldehydes is 1. The summed E-state index contributed by atoms with van der Waals surface area (Å²) in [5.41, 5.74) is -0.877. The summed E-state index contributed by atoms with van der Waals surface area (Å²) in [6.07, 6.45) is -3.76. The molecule has 0 saturated heterocycles. The first-order valence-corrected chi connectivity index (χ1v) is 2.17. The Morgan fingerprint density at radius 2 is 1.89 bits per heavy atom. The maximum Gasteiger partial charge on any atom is 0.412 e. The van der Waals surface area contributed by atoms with Crippen molar-refractivity contribution >= 4 is 6.29 Å². The van der Waals surface area contributed by atoms with Crippen LogP contribution in [0, 0.1) is 0 Å². The van der Waals surface area contributed by atoms with Crippen LogP contribution in [0.15, 0.2) is 11.6 Å². The van der Waals surface area contributed by atoms with Crippen LogP contribution in [0.25, 0.3) is 0 Å². The fourth-order valence-corrected chi connectivity index (χ4v) is 0.197. The minimum absolute atomic E-state index is 0.114. The van der Waals surface area contributed by atoms with E-state index in [1.165, 1.54) is 0 Å². The molecule has 0 N–H and O–H groups in total. The van der Waals surface area contributed by atoms with Gasteiger partial charge in [0.05, 0.1) is 0 Å². The lowest BCUT2D eigenvalue weighted by Gasteiger charge is -2.02. The molecule has 0 spiro atoms. The van der Waals surface area contributed by atoms with Gasteiger partial charge in [0.25, 0.3) is 0 Å². The zero-order valence-corrected chi connectivity index (χ0v) is 4.70. The molecule has 0 aliphatic rings. The lowest BCUT2D eigenvalue weighted by Crippen LogP contribution is -2.08. The first-order chi connectivity index (χ1) is 3.98. The fourth-order valence-electron chi connectivity index (χ4n) is 0.197. The summed E-state index contributed by atoms with van der Waals surface area (Å²) in [6.45, 7) is 0.842. The van der Waals surface area contributed by atoms with Gasteiger partial charge in [0.1, 0.15) is 6.29 Å². The molecular formula is C5H5F3O. The number of carbonyl (C=O) groups is 1. The van der Waals surface area contributed by atoms with E-state index >= 15 is 0 Å². The topological polar surface area (TPSA) is 17.1 Å². The highest BCUT2D eigenvalue weighted by atomic mass is 19.4. The molecule has 0 fully saturated rings. The standard InChI is InChI=1S/C5H5F3O/c1-4(2-3-9)5(6,7)8/h2-3H,1H3. The van der Waals surface area contributed by atoms with E-state index in [0.717, 1.165) is 6.92 Å². The lowest BCUT2D eigenvalue weighted by atomic mass is 10.3. The summed E-state index contributed by atoms with van der Waals surface area (Å²) in [7, 11) is 0. The van der Waals surface area contributed by atoms with Crippen LogP contribution in [0.1, 0.15) is 6.92 Å². The molecule has 52 valence electrons. The first kappa shape index (κ1) is 8.20. The lowest BCUT2D eigenvalue weighted by molar-refractivity contribution is -0.106. The van der Waals surface area contributed by atoms with E-state index in [-0.39, 0.29) is 6.29 Å². The highest BCUT2D eigenvalue weighted by molar-refractivity contribution is 5.66. The Balaban J connectivity index is 4.19. The van der Waals surface area contributed by atoms with Crippen LogP contribution in [0.3, 0.4) is 0 Å². The molecule has 0 aliphatic heterocycles. The second kappa shape index (κ2) is 2.66. The van der Waals surface area contributed by atoms with Gasteiger partial charge in [-0.3, -0.25) is 4.79 Å². The highest BCUT2D eigenvalue weighted by Crippen LogP contribution is 2.23. The van der Waals surface area contributed by atoms with Gasteiger partial charge >= 0.3 is 6.18 Å². The van der Waals surface area contributed by atoms with Gasteiger partial charge in [0.15, 0.2) is 0 Å². The zero-order valence-electron chi connectivity index (χ0n) is 4.70. The summed E-state index contributed by atoms with van der Waals surface area (Å²) < 4.78 is 34.2. The average Bonchev–Trinajstić information content (AvgIpc) is 1.64. The molecule has 0 radical (unpaired) electrons. The van der Waals surface area contributed by atoms with Gasteiger partial charge in [-0.25, -0.2) is 0 Å². The van der Waals surface area contributed by atoms with Crippen LogP contribution in [0.4, 0.5) is 13.2 Å². The van der Waals surface area contributed by atoms with E-state index in [4.69, 9.17) is 0 Å². The van der Waals surface area contributed by atoms with Crippen LogP contribution in [-0.2, 0) is 4.79 Å². The predicted molar refractivity (Wildman–Crippen MR) is 25.9 cm³/mol. The minimum Gasteiger partial charge on any atom is -0.299 e. The minimum atomic E-state index is -4.36. The predicted octanol–water partition coefficient (Wildman–Crippen LogP) is 1.69. The molecule has 1 nitrogen and oxygen atoms in total. The number of halogens is 3. The quantitative estimate of drug-likeness (QED) is 0.398. The summed E-state index contributed by atoms with van der Waals surface area (Å²) >= 11 is 0. The van der Waals surface area contributed by atoms with E-state index in [9.17, 15) is 18.0 Å². The normalized spacial score (nSPS) is 13.6. The number of hydrogen-bond acceptors (Lipinski definition) is 1. The Morgan fingerprint density at radius 1 is 1.44 bits per heavy atom. The monoisotopic (exact) mass is 138 g/mol. The van der Waals surface area contributed by atoms with Crippen molar-refractivity contribution in [2.45, 2.75) is 13.1 Å². The summed E-state index contributed by atoms with van der Waals surface area (Å²) in [5.74, 6) is 0. The molecule has 0 amide bonds. The second-order valence-corrected chi connectivity index (χ2v) is 1.48. The van der Waals surface area contributed by atoms with Crippen molar-refractivity contribution in [1.29, 1.82) is 0 Å². The molecule has 0 saturated carbocycles. The van der Waals surface area contributed by atoms with Crippen LogP contribution >= 0.6 is 0 Å². The maximum absolute atomic E-state index is 11.4. The van der Waals surface area contributed by atoms with Gasteiger partial charge < -0.3 is 0 Å². The van der Waals surface area contributed by atoms with Gasteiger partial charge in [0, 0.05) is 5.57 Å². The van der Waals surface area contributed by atoms with Crippen LogP contribution in [0.5, 0.6) is 0 Å². The molecule has 0 aromatic carbocycles. The summed E-state index contributed by atoms with van der Waals surface area (Å²) in [6, 6.07) is 0. The molecule has 0 aromatic heterocycles. The van der Waals surface area contributed by atoms with E-state index in [0.29, 0.717) is 6.08 Å². The number of carbonyl (C=O) groups excluding carboxylic acids is 1. The third-order valence-corrected chi connectivity index (χ3v) is 0.765. The molecule has 0 aromatic rings. The number of alkyl halides is 3. The molecule has 0 bridgehead atoms. The van der Waals surface area contributed by atoms with E-state index in [1.807, 2.05) is 0 Å². The summed E-state index contributed by atoms with van der Waals surface area (Å²) in [5, 5.41) is 0. The molecular weight excluding hydrogens is 133 g/mol. The van der Waals surface area contributed by atoms with Crippen LogP contribution < -0.4 is 0 Å². The molecule has 4 heteroatoms. The zero-order chi connectivity index (χ0) is 7.49. The van der Waals surface area contributed by atoms with Crippen LogP contribution in [0.2, 0.25) is 0 Å². The Hall–Kier alpha value is -0.800. The number of allylic oxidation sites excluding steroid dienone is 2. The molecule has 0 heterocycles. The Labute approximate surface area is 50.2 Å². The molecule has 9 heavy (non-hydrogen) atoms. The Bertz CT molecular complexity index is 134. The van der Waals surface area contributed by atoms with Crippen LogP contribution in [-0.4, -0.2) is 12.5 Å². The molecule has 0 atom stereocenters. The van der Waals surface area contributed by atoms with Gasteiger partial charge in [-0.05, 0) is 13.0 Å².